The van der Waals surface area contributed by atoms with Crippen LogP contribution in [-0.4, -0.2) is 4.57 Å². The van der Waals surface area contributed by atoms with Crippen LogP contribution in [0.5, 0.6) is 0 Å². The van der Waals surface area contributed by atoms with Crippen LogP contribution in [0.3, 0.4) is 0 Å². The monoisotopic (exact) mass is 658 g/mol. The highest BCUT2D eigenvalue weighted by Gasteiger charge is 2.24. The van der Waals surface area contributed by atoms with E-state index in [-0.39, 0.29) is 0 Å². The minimum Gasteiger partial charge on any atom is -0.454 e. The number of anilines is 3. The van der Waals surface area contributed by atoms with Gasteiger partial charge in [0.15, 0.2) is 5.58 Å². The molecule has 7 aromatic rings. The van der Waals surface area contributed by atoms with Crippen LogP contribution in [0.2, 0.25) is 0 Å². The van der Waals surface area contributed by atoms with E-state index in [9.17, 15) is 0 Å². The Morgan fingerprint density at radius 3 is 2.18 bits per heavy atom. The van der Waals surface area contributed by atoms with E-state index in [1.54, 1.807) is 0 Å². The lowest BCUT2D eigenvalue weighted by atomic mass is 9.88. The zero-order valence-corrected chi connectivity index (χ0v) is 28.6. The van der Waals surface area contributed by atoms with Gasteiger partial charge >= 0.3 is 0 Å². The van der Waals surface area contributed by atoms with Gasteiger partial charge < -0.3 is 13.9 Å². The molecule has 0 aliphatic heterocycles. The molecule has 1 aliphatic rings. The molecule has 0 atom stereocenters. The molecule has 2 heterocycles. The van der Waals surface area contributed by atoms with Gasteiger partial charge in [-0.15, -0.1) is 0 Å². The van der Waals surface area contributed by atoms with Gasteiger partial charge in [0.25, 0.3) is 0 Å². The normalized spacial score (nSPS) is 14.2. The molecule has 3 nitrogen and oxygen atoms in total. The van der Waals surface area contributed by atoms with Crippen molar-refractivity contribution in [3.63, 3.8) is 0 Å². The first-order valence-electron chi connectivity index (χ1n) is 17.4. The molecule has 0 radical (unpaired) electrons. The third kappa shape index (κ3) is 6.00. The molecule has 3 heteroatoms. The minimum absolute atomic E-state index is 0.817. The summed E-state index contributed by atoms with van der Waals surface area (Å²) in [6, 6.07) is 43.1. The van der Waals surface area contributed by atoms with Crippen molar-refractivity contribution in [1.82, 2.24) is 4.57 Å². The highest BCUT2D eigenvalue weighted by Crippen LogP contribution is 2.45. The van der Waals surface area contributed by atoms with Gasteiger partial charge in [-0.2, -0.15) is 0 Å². The molecule has 0 unspecified atom stereocenters. The lowest BCUT2D eigenvalue weighted by Gasteiger charge is -2.25. The average Bonchev–Trinajstić information content (AvgIpc) is 3.75. The van der Waals surface area contributed by atoms with Gasteiger partial charge in [0.2, 0.25) is 0 Å². The Labute approximate surface area is 299 Å². The molecule has 0 amide bonds. The SMILES string of the molecule is C=C/C=C\C=C1/CC=CC=C1c1cc2cc(/C=C\C=C/C)oc2c2c1c1ccccc1n2-c1ccc(N(c2ccccc2)c2ccccc2)cc1. The number of hydrogen-bond acceptors (Lipinski definition) is 2. The van der Waals surface area contributed by atoms with E-state index in [2.05, 4.69) is 168 Å². The molecule has 51 heavy (non-hydrogen) atoms. The number of allylic oxidation sites excluding steroid dienone is 12. The Hall–Kier alpha value is -6.58. The van der Waals surface area contributed by atoms with Crippen molar-refractivity contribution >= 4 is 61.5 Å². The fourth-order valence-electron chi connectivity index (χ4n) is 7.10. The van der Waals surface area contributed by atoms with Crippen molar-refractivity contribution in [2.75, 3.05) is 4.90 Å². The molecule has 246 valence electrons. The molecule has 0 spiro atoms. The van der Waals surface area contributed by atoms with E-state index in [1.807, 2.05) is 43.4 Å². The molecule has 8 rings (SSSR count). The molecule has 1 aliphatic carbocycles. The zero-order chi connectivity index (χ0) is 34.6. The number of rotatable bonds is 9. The Kier molecular flexibility index (Phi) is 8.76. The third-order valence-corrected chi connectivity index (χ3v) is 9.32. The number of hydrogen-bond donors (Lipinski definition) is 0. The first kappa shape index (κ1) is 31.7. The molecule has 0 saturated heterocycles. The smallest absolute Gasteiger partial charge is 0.159 e. The number of fused-ring (bicyclic) bond motifs is 5. The largest absolute Gasteiger partial charge is 0.454 e. The lowest BCUT2D eigenvalue weighted by Crippen LogP contribution is -2.09. The van der Waals surface area contributed by atoms with E-state index < -0.39 is 0 Å². The quantitative estimate of drug-likeness (QED) is 0.144. The minimum atomic E-state index is 0.817. The zero-order valence-electron chi connectivity index (χ0n) is 28.6. The van der Waals surface area contributed by atoms with Crippen LogP contribution in [0.1, 0.15) is 24.7 Å². The third-order valence-electron chi connectivity index (χ3n) is 9.32. The summed E-state index contributed by atoms with van der Waals surface area (Å²) < 4.78 is 9.10. The van der Waals surface area contributed by atoms with Crippen LogP contribution in [0, 0.1) is 0 Å². The fraction of sp³-hybridized carbons (Fsp3) is 0.0417. The summed E-state index contributed by atoms with van der Waals surface area (Å²) in [6.07, 6.45) is 23.7. The summed E-state index contributed by atoms with van der Waals surface area (Å²) in [5.41, 5.74) is 11.1. The van der Waals surface area contributed by atoms with Crippen LogP contribution in [-0.2, 0) is 0 Å². The van der Waals surface area contributed by atoms with E-state index in [0.29, 0.717) is 0 Å². The van der Waals surface area contributed by atoms with Crippen molar-refractivity contribution in [2.24, 2.45) is 0 Å². The van der Waals surface area contributed by atoms with E-state index in [0.717, 1.165) is 56.9 Å². The van der Waals surface area contributed by atoms with Crippen molar-refractivity contribution in [3.05, 3.63) is 206 Å². The second-order valence-electron chi connectivity index (χ2n) is 12.5. The summed E-state index contributed by atoms with van der Waals surface area (Å²) in [7, 11) is 0. The van der Waals surface area contributed by atoms with Crippen molar-refractivity contribution in [1.29, 1.82) is 0 Å². The first-order chi connectivity index (χ1) is 25.2. The maximum Gasteiger partial charge on any atom is 0.159 e. The molecular weight excluding hydrogens is 621 g/mol. The topological polar surface area (TPSA) is 21.3 Å². The predicted octanol–water partition coefficient (Wildman–Crippen LogP) is 13.6. The molecule has 0 fully saturated rings. The predicted molar refractivity (Wildman–Crippen MR) is 218 cm³/mol. The average molecular weight is 659 g/mol. The van der Waals surface area contributed by atoms with Crippen LogP contribution in [0.25, 0.3) is 50.1 Å². The number of nitrogens with zero attached hydrogens (tertiary/aromatic N) is 2. The Morgan fingerprint density at radius 2 is 1.45 bits per heavy atom. The van der Waals surface area contributed by atoms with Gasteiger partial charge in [-0.25, -0.2) is 0 Å². The van der Waals surface area contributed by atoms with Gasteiger partial charge in [-0.3, -0.25) is 0 Å². The first-order valence-corrected chi connectivity index (χ1v) is 17.4. The molecule has 5 aromatic carbocycles. The van der Waals surface area contributed by atoms with E-state index in [1.165, 1.54) is 27.5 Å². The van der Waals surface area contributed by atoms with Gasteiger partial charge in [-0.05, 0) is 103 Å². The highest BCUT2D eigenvalue weighted by atomic mass is 16.3. The number of para-hydroxylation sites is 3. The van der Waals surface area contributed by atoms with Crippen molar-refractivity contribution < 1.29 is 4.42 Å². The number of benzene rings is 5. The van der Waals surface area contributed by atoms with Crippen LogP contribution in [0.15, 0.2) is 199 Å². The fourth-order valence-corrected chi connectivity index (χ4v) is 7.10. The molecule has 2 aromatic heterocycles. The highest BCUT2D eigenvalue weighted by molar-refractivity contribution is 6.22. The van der Waals surface area contributed by atoms with Gasteiger partial charge in [0.05, 0.1) is 11.0 Å². The number of furan rings is 1. The summed E-state index contributed by atoms with van der Waals surface area (Å²) in [4.78, 5) is 2.29. The Balaban J connectivity index is 1.38. The van der Waals surface area contributed by atoms with Gasteiger partial charge in [0, 0.05) is 38.9 Å². The molecule has 0 saturated carbocycles. The van der Waals surface area contributed by atoms with Crippen molar-refractivity contribution in [3.8, 4) is 5.69 Å². The summed E-state index contributed by atoms with van der Waals surface area (Å²) in [5.74, 6) is 0.817. The Bertz CT molecular complexity index is 2510. The van der Waals surface area contributed by atoms with Crippen LogP contribution >= 0.6 is 0 Å². The van der Waals surface area contributed by atoms with Gasteiger partial charge in [0.1, 0.15) is 5.76 Å². The van der Waals surface area contributed by atoms with Crippen LogP contribution < -0.4 is 4.90 Å². The van der Waals surface area contributed by atoms with Crippen molar-refractivity contribution in [2.45, 2.75) is 13.3 Å². The molecule has 0 bridgehead atoms. The van der Waals surface area contributed by atoms with E-state index in [4.69, 9.17) is 4.42 Å². The second-order valence-corrected chi connectivity index (χ2v) is 12.5. The number of aromatic nitrogens is 1. The lowest BCUT2D eigenvalue weighted by molar-refractivity contribution is 0.606. The van der Waals surface area contributed by atoms with Crippen LogP contribution in [0.4, 0.5) is 17.1 Å². The summed E-state index contributed by atoms with van der Waals surface area (Å²) >= 11 is 0. The standard InChI is InChI=1S/C48H38N2O/c1-3-5-9-19-35-20-15-16-26-42(35)44-34-36-33-41(25-10-6-4-2)51-48(36)47-46(44)43-27-17-18-28-45(43)50(47)40-31-29-39(30-32-40)49(37-21-11-7-12-22-37)38-23-13-8-14-24-38/h3-19,21-34H,1,20H2,2H3/b6-4-,9-5-,25-10-,35-19+. The maximum atomic E-state index is 6.73. The second kappa shape index (κ2) is 14.1. The van der Waals surface area contributed by atoms with E-state index >= 15 is 0 Å². The van der Waals surface area contributed by atoms with Gasteiger partial charge in [-0.1, -0.05) is 122 Å². The maximum absolute atomic E-state index is 6.73. The summed E-state index contributed by atoms with van der Waals surface area (Å²) in [6.45, 7) is 5.88. The molecule has 0 N–H and O–H groups in total. The molecular formula is C48H38N2O. The summed E-state index contributed by atoms with van der Waals surface area (Å²) in [5, 5.41) is 3.42. The Morgan fingerprint density at radius 1 is 0.745 bits per heavy atom.